The standard InChI is InChI=1S/C20H23N5O2/c1-4-24(5-2)19-9-7-6-8-17(19)13-27-20(26)16-10-11-18(15(3)12-16)25-14-21-22-23-25/h6-12,14H,4-5,13H2,1-3H3. The molecule has 0 fully saturated rings. The van der Waals surface area contributed by atoms with Crippen molar-refractivity contribution in [1.82, 2.24) is 20.2 Å². The van der Waals surface area contributed by atoms with Crippen molar-refractivity contribution in [2.75, 3.05) is 18.0 Å². The van der Waals surface area contributed by atoms with E-state index in [-0.39, 0.29) is 12.6 Å². The van der Waals surface area contributed by atoms with E-state index in [9.17, 15) is 4.79 Å². The lowest BCUT2D eigenvalue weighted by atomic mass is 10.1. The van der Waals surface area contributed by atoms with Gasteiger partial charge in [0.25, 0.3) is 0 Å². The maximum absolute atomic E-state index is 12.5. The summed E-state index contributed by atoms with van der Waals surface area (Å²) in [7, 11) is 0. The van der Waals surface area contributed by atoms with Gasteiger partial charge in [0.05, 0.1) is 11.3 Å². The number of tetrazole rings is 1. The smallest absolute Gasteiger partial charge is 0.338 e. The second-order valence-electron chi connectivity index (χ2n) is 6.13. The molecule has 27 heavy (non-hydrogen) atoms. The first-order valence-corrected chi connectivity index (χ1v) is 8.98. The van der Waals surface area contributed by atoms with Crippen molar-refractivity contribution in [3.8, 4) is 5.69 Å². The predicted molar refractivity (Wildman–Crippen MR) is 103 cm³/mol. The Hall–Kier alpha value is -3.22. The number of benzene rings is 2. The second kappa shape index (κ2) is 8.44. The first kappa shape index (κ1) is 18.6. The second-order valence-corrected chi connectivity index (χ2v) is 6.13. The summed E-state index contributed by atoms with van der Waals surface area (Å²) in [5, 5.41) is 11.1. The Bertz CT molecular complexity index is 904. The van der Waals surface area contributed by atoms with Crippen LogP contribution in [0, 0.1) is 6.92 Å². The molecule has 0 unspecified atom stereocenters. The van der Waals surface area contributed by atoms with E-state index in [0.29, 0.717) is 5.56 Å². The number of esters is 1. The van der Waals surface area contributed by atoms with Crippen LogP contribution in [-0.4, -0.2) is 39.3 Å². The van der Waals surface area contributed by atoms with E-state index in [0.717, 1.165) is 35.6 Å². The number of aromatic nitrogens is 4. The Morgan fingerprint density at radius 2 is 1.93 bits per heavy atom. The Balaban J connectivity index is 1.73. The SMILES string of the molecule is CCN(CC)c1ccccc1COC(=O)c1ccc(-n2cnnn2)c(C)c1. The Morgan fingerprint density at radius 3 is 2.59 bits per heavy atom. The highest BCUT2D eigenvalue weighted by atomic mass is 16.5. The summed E-state index contributed by atoms with van der Waals surface area (Å²) in [6.07, 6.45) is 1.52. The third kappa shape index (κ3) is 4.13. The van der Waals surface area contributed by atoms with Gasteiger partial charge in [-0.25, -0.2) is 9.48 Å². The highest BCUT2D eigenvalue weighted by molar-refractivity contribution is 5.90. The van der Waals surface area contributed by atoms with Crippen LogP contribution in [0.5, 0.6) is 0 Å². The number of nitrogens with zero attached hydrogens (tertiary/aromatic N) is 5. The number of ether oxygens (including phenoxy) is 1. The van der Waals surface area contributed by atoms with Crippen LogP contribution in [0.4, 0.5) is 5.69 Å². The molecule has 2 aromatic carbocycles. The van der Waals surface area contributed by atoms with Gasteiger partial charge in [-0.2, -0.15) is 0 Å². The normalized spacial score (nSPS) is 10.6. The van der Waals surface area contributed by atoms with Crippen LogP contribution in [-0.2, 0) is 11.3 Å². The molecule has 3 aromatic rings. The lowest BCUT2D eigenvalue weighted by molar-refractivity contribution is 0.0473. The van der Waals surface area contributed by atoms with Gasteiger partial charge in [-0.3, -0.25) is 0 Å². The largest absolute Gasteiger partial charge is 0.457 e. The summed E-state index contributed by atoms with van der Waals surface area (Å²) >= 11 is 0. The molecule has 0 saturated carbocycles. The fraction of sp³-hybridized carbons (Fsp3) is 0.300. The molecular weight excluding hydrogens is 342 g/mol. The Kier molecular flexibility index (Phi) is 5.80. The van der Waals surface area contributed by atoms with Crippen LogP contribution in [0.2, 0.25) is 0 Å². The van der Waals surface area contributed by atoms with Crippen LogP contribution in [0.25, 0.3) is 5.69 Å². The maximum atomic E-state index is 12.5. The van der Waals surface area contributed by atoms with Crippen LogP contribution < -0.4 is 4.90 Å². The molecule has 0 aliphatic heterocycles. The monoisotopic (exact) mass is 365 g/mol. The van der Waals surface area contributed by atoms with E-state index in [2.05, 4.69) is 40.3 Å². The van der Waals surface area contributed by atoms with Gasteiger partial charge in [-0.15, -0.1) is 5.10 Å². The zero-order chi connectivity index (χ0) is 19.2. The number of rotatable bonds is 7. The van der Waals surface area contributed by atoms with Gasteiger partial charge in [0.2, 0.25) is 0 Å². The van der Waals surface area contributed by atoms with Gasteiger partial charge in [0.1, 0.15) is 12.9 Å². The molecule has 3 rings (SSSR count). The van der Waals surface area contributed by atoms with E-state index in [1.54, 1.807) is 16.8 Å². The molecule has 140 valence electrons. The summed E-state index contributed by atoms with van der Waals surface area (Å²) in [4.78, 5) is 14.7. The van der Waals surface area contributed by atoms with Gasteiger partial charge in [-0.1, -0.05) is 18.2 Å². The minimum absolute atomic E-state index is 0.235. The Labute approximate surface area is 158 Å². The quantitative estimate of drug-likeness (QED) is 0.599. The maximum Gasteiger partial charge on any atom is 0.338 e. The fourth-order valence-electron chi connectivity index (χ4n) is 3.04. The lowest BCUT2D eigenvalue weighted by Gasteiger charge is -2.24. The molecule has 0 aliphatic carbocycles. The molecule has 1 heterocycles. The number of anilines is 1. The molecule has 0 radical (unpaired) electrons. The van der Waals surface area contributed by atoms with Crippen molar-refractivity contribution in [2.24, 2.45) is 0 Å². The van der Waals surface area contributed by atoms with Crippen molar-refractivity contribution >= 4 is 11.7 Å². The van der Waals surface area contributed by atoms with E-state index < -0.39 is 0 Å². The average molecular weight is 365 g/mol. The Morgan fingerprint density at radius 1 is 1.15 bits per heavy atom. The molecule has 0 amide bonds. The van der Waals surface area contributed by atoms with Crippen LogP contribution >= 0.6 is 0 Å². The molecule has 0 atom stereocenters. The fourth-order valence-corrected chi connectivity index (χ4v) is 3.04. The van der Waals surface area contributed by atoms with Crippen molar-refractivity contribution in [1.29, 1.82) is 0 Å². The molecule has 0 N–H and O–H groups in total. The number of para-hydroxylation sites is 1. The topological polar surface area (TPSA) is 73.1 Å². The third-order valence-corrected chi connectivity index (χ3v) is 4.48. The minimum atomic E-state index is -0.351. The van der Waals surface area contributed by atoms with E-state index in [1.807, 2.05) is 31.2 Å². The first-order chi connectivity index (χ1) is 13.1. The van der Waals surface area contributed by atoms with E-state index in [1.165, 1.54) is 6.33 Å². The molecule has 0 saturated heterocycles. The molecule has 0 aliphatic rings. The molecular formula is C20H23N5O2. The number of hydrogen-bond acceptors (Lipinski definition) is 6. The molecule has 7 nitrogen and oxygen atoms in total. The van der Waals surface area contributed by atoms with Crippen LogP contribution in [0.1, 0.15) is 35.3 Å². The third-order valence-electron chi connectivity index (χ3n) is 4.48. The summed E-state index contributed by atoms with van der Waals surface area (Å²) in [5.74, 6) is -0.351. The minimum Gasteiger partial charge on any atom is -0.457 e. The van der Waals surface area contributed by atoms with Crippen molar-refractivity contribution in [3.63, 3.8) is 0 Å². The predicted octanol–water partition coefficient (Wildman–Crippen LogP) is 3.17. The zero-order valence-electron chi connectivity index (χ0n) is 15.8. The van der Waals surface area contributed by atoms with Crippen molar-refractivity contribution in [2.45, 2.75) is 27.4 Å². The molecule has 0 spiro atoms. The summed E-state index contributed by atoms with van der Waals surface area (Å²) in [6.45, 7) is 8.17. The van der Waals surface area contributed by atoms with Crippen LogP contribution in [0.15, 0.2) is 48.8 Å². The van der Waals surface area contributed by atoms with Gasteiger partial charge >= 0.3 is 5.97 Å². The van der Waals surface area contributed by atoms with Crippen molar-refractivity contribution in [3.05, 3.63) is 65.5 Å². The van der Waals surface area contributed by atoms with Crippen molar-refractivity contribution < 1.29 is 9.53 Å². The van der Waals surface area contributed by atoms with E-state index in [4.69, 9.17) is 4.74 Å². The van der Waals surface area contributed by atoms with Crippen LogP contribution in [0.3, 0.4) is 0 Å². The average Bonchev–Trinajstić information content (AvgIpc) is 3.22. The van der Waals surface area contributed by atoms with Gasteiger partial charge in [0, 0.05) is 24.3 Å². The summed E-state index contributed by atoms with van der Waals surface area (Å²) in [5.41, 5.74) is 4.31. The van der Waals surface area contributed by atoms with Gasteiger partial charge < -0.3 is 9.64 Å². The first-order valence-electron chi connectivity index (χ1n) is 8.98. The number of hydrogen-bond donors (Lipinski definition) is 0. The molecule has 0 bridgehead atoms. The molecule has 1 aromatic heterocycles. The number of carbonyl (C=O) groups excluding carboxylic acids is 1. The number of aryl methyl sites for hydroxylation is 1. The zero-order valence-corrected chi connectivity index (χ0v) is 15.8. The molecule has 7 heteroatoms. The lowest BCUT2D eigenvalue weighted by Crippen LogP contribution is -2.23. The van der Waals surface area contributed by atoms with E-state index >= 15 is 0 Å². The summed E-state index contributed by atoms with van der Waals surface area (Å²) in [6, 6.07) is 13.3. The highest BCUT2D eigenvalue weighted by Gasteiger charge is 2.13. The number of carbonyl (C=O) groups is 1. The van der Waals surface area contributed by atoms with Gasteiger partial charge in [0.15, 0.2) is 0 Å². The highest BCUT2D eigenvalue weighted by Crippen LogP contribution is 2.22. The summed E-state index contributed by atoms with van der Waals surface area (Å²) < 4.78 is 7.13. The van der Waals surface area contributed by atoms with Gasteiger partial charge in [-0.05, 0) is 61.0 Å².